The Balaban J connectivity index is 4.59. The molecule has 1 atom stereocenters. The van der Waals surface area contributed by atoms with E-state index in [2.05, 4.69) is 154 Å². The Morgan fingerprint density at radius 2 is 0.643 bits per heavy atom. The van der Waals surface area contributed by atoms with Crippen molar-refractivity contribution in [2.45, 2.75) is 226 Å². The van der Waals surface area contributed by atoms with Gasteiger partial charge in [-0.2, -0.15) is 0 Å². The van der Waals surface area contributed by atoms with Gasteiger partial charge in [0.2, 0.25) is 0 Å². The van der Waals surface area contributed by atoms with Crippen LogP contribution >= 0.6 is 0 Å². The van der Waals surface area contributed by atoms with Gasteiger partial charge in [0.15, 0.2) is 6.10 Å². The van der Waals surface area contributed by atoms with Crippen molar-refractivity contribution in [2.24, 2.45) is 0 Å². The summed E-state index contributed by atoms with van der Waals surface area (Å²) >= 11 is 0. The van der Waals surface area contributed by atoms with Crippen LogP contribution in [0.2, 0.25) is 0 Å². The van der Waals surface area contributed by atoms with Crippen molar-refractivity contribution in [3.63, 3.8) is 0 Å². The Labute approximate surface area is 429 Å². The minimum Gasteiger partial charge on any atom is -0.462 e. The van der Waals surface area contributed by atoms with Crippen molar-refractivity contribution in [3.8, 4) is 0 Å². The molecule has 0 aromatic rings. The highest BCUT2D eigenvalue weighted by molar-refractivity contribution is 5.71. The van der Waals surface area contributed by atoms with E-state index in [1.165, 1.54) is 77.0 Å². The van der Waals surface area contributed by atoms with Crippen LogP contribution < -0.4 is 0 Å². The Morgan fingerprint density at radius 3 is 1.07 bits per heavy atom. The molecule has 0 saturated carbocycles. The van der Waals surface area contributed by atoms with Crippen molar-refractivity contribution in [2.75, 3.05) is 13.2 Å². The Kier molecular flexibility index (Phi) is 53.0. The first kappa shape index (κ1) is 65.3. The molecule has 0 heterocycles. The lowest BCUT2D eigenvalue weighted by atomic mass is 10.1. The first-order valence-corrected chi connectivity index (χ1v) is 27.9. The van der Waals surface area contributed by atoms with Gasteiger partial charge >= 0.3 is 17.9 Å². The molecule has 0 aliphatic carbocycles. The standard InChI is InChI=1S/C64H100O6/c1-4-7-10-13-16-19-22-25-28-31-32-34-36-39-42-45-48-51-54-57-63(66)69-60-61(59-68-62(65)56-53-50-47-44-41-38-35-30-27-24-21-18-15-12-9-6-3)70-64(67)58-55-52-49-46-43-40-37-33-29-26-23-20-17-14-11-8-5-2/h8-9,11-12,16-22,25-27,29-30,37-38,40-41,46-47,49-50,61H,4-7,10,13-15,23-24,28,31-36,39,42-45,48,51-60H2,1-3H3/b11-8-,12-9-,19-16-,20-17-,21-18-,25-22-,29-26-,30-27-,40-37-,41-38-,49-46-,50-47-. The van der Waals surface area contributed by atoms with Gasteiger partial charge in [0.25, 0.3) is 0 Å². The molecule has 0 aliphatic heterocycles. The number of allylic oxidation sites excluding steroid dienone is 24. The van der Waals surface area contributed by atoms with Crippen LogP contribution in [0.5, 0.6) is 0 Å². The summed E-state index contributed by atoms with van der Waals surface area (Å²) in [7, 11) is 0. The van der Waals surface area contributed by atoms with Crippen LogP contribution in [0.15, 0.2) is 146 Å². The molecule has 6 nitrogen and oxygen atoms in total. The molecule has 0 aromatic carbocycles. The second-order valence-corrected chi connectivity index (χ2v) is 17.8. The lowest BCUT2D eigenvalue weighted by molar-refractivity contribution is -0.166. The third-order valence-electron chi connectivity index (χ3n) is 11.1. The summed E-state index contributed by atoms with van der Waals surface area (Å²) in [6, 6.07) is 0. The molecule has 0 fully saturated rings. The van der Waals surface area contributed by atoms with E-state index in [0.717, 1.165) is 89.9 Å². The summed E-state index contributed by atoms with van der Waals surface area (Å²) in [6.45, 7) is 6.25. The molecule has 0 bridgehead atoms. The van der Waals surface area contributed by atoms with Gasteiger partial charge in [-0.1, -0.05) is 231 Å². The SMILES string of the molecule is CC/C=C\C/C=C\C/C=C\C/C=C\C/C=C\CCCC(=O)OC(COC(=O)CC/C=C\C/C=C\C/C=C\C/C=C\C/C=C\CC)COC(=O)CCCCCCCCCCCC/C=C\C=C/CCCCC. The van der Waals surface area contributed by atoms with E-state index in [4.69, 9.17) is 14.2 Å². The molecule has 70 heavy (non-hydrogen) atoms. The van der Waals surface area contributed by atoms with E-state index in [0.29, 0.717) is 19.3 Å². The van der Waals surface area contributed by atoms with Gasteiger partial charge in [-0.3, -0.25) is 14.4 Å². The maximum absolute atomic E-state index is 12.8. The molecular formula is C64H100O6. The number of unbranched alkanes of at least 4 members (excludes halogenated alkanes) is 14. The molecular weight excluding hydrogens is 865 g/mol. The zero-order chi connectivity index (χ0) is 50.7. The normalized spacial score (nSPS) is 13.2. The Hall–Kier alpha value is -4.71. The largest absolute Gasteiger partial charge is 0.462 e. The van der Waals surface area contributed by atoms with E-state index in [9.17, 15) is 14.4 Å². The van der Waals surface area contributed by atoms with Crippen LogP contribution in [0.1, 0.15) is 220 Å². The van der Waals surface area contributed by atoms with Crippen molar-refractivity contribution in [1.82, 2.24) is 0 Å². The van der Waals surface area contributed by atoms with E-state index >= 15 is 0 Å². The summed E-state index contributed by atoms with van der Waals surface area (Å²) in [6.07, 6.45) is 81.4. The second kappa shape index (κ2) is 56.9. The fraction of sp³-hybridized carbons (Fsp3) is 0.578. The van der Waals surface area contributed by atoms with Crippen LogP contribution in [-0.4, -0.2) is 37.2 Å². The van der Waals surface area contributed by atoms with E-state index < -0.39 is 12.1 Å². The molecule has 0 N–H and O–H groups in total. The average molecular weight is 965 g/mol. The third kappa shape index (κ3) is 54.2. The topological polar surface area (TPSA) is 78.9 Å². The minimum absolute atomic E-state index is 0.131. The number of carbonyl (C=O) groups excluding carboxylic acids is 3. The number of carbonyl (C=O) groups is 3. The fourth-order valence-corrected chi connectivity index (χ4v) is 6.99. The molecule has 0 spiro atoms. The quantitative estimate of drug-likeness (QED) is 0.0199. The van der Waals surface area contributed by atoms with Gasteiger partial charge in [-0.15, -0.1) is 0 Å². The Morgan fingerprint density at radius 1 is 0.314 bits per heavy atom. The van der Waals surface area contributed by atoms with Crippen LogP contribution in [-0.2, 0) is 28.6 Å². The number of ether oxygens (including phenoxy) is 3. The van der Waals surface area contributed by atoms with Crippen LogP contribution in [0.25, 0.3) is 0 Å². The smallest absolute Gasteiger partial charge is 0.306 e. The van der Waals surface area contributed by atoms with Crippen molar-refractivity contribution in [3.05, 3.63) is 146 Å². The van der Waals surface area contributed by atoms with Gasteiger partial charge in [-0.25, -0.2) is 0 Å². The number of rotatable bonds is 48. The van der Waals surface area contributed by atoms with Crippen molar-refractivity contribution < 1.29 is 28.6 Å². The van der Waals surface area contributed by atoms with Crippen LogP contribution in [0.3, 0.4) is 0 Å². The predicted octanol–water partition coefficient (Wildman–Crippen LogP) is 18.8. The van der Waals surface area contributed by atoms with Gasteiger partial charge in [0.05, 0.1) is 0 Å². The highest BCUT2D eigenvalue weighted by Crippen LogP contribution is 2.13. The summed E-state index contributed by atoms with van der Waals surface area (Å²) in [5, 5.41) is 0. The number of esters is 3. The van der Waals surface area contributed by atoms with E-state index in [-0.39, 0.29) is 38.0 Å². The highest BCUT2D eigenvalue weighted by atomic mass is 16.6. The summed E-state index contributed by atoms with van der Waals surface area (Å²) < 4.78 is 16.7. The predicted molar refractivity (Wildman–Crippen MR) is 302 cm³/mol. The van der Waals surface area contributed by atoms with Crippen molar-refractivity contribution >= 4 is 17.9 Å². The molecule has 392 valence electrons. The van der Waals surface area contributed by atoms with Gasteiger partial charge in [0, 0.05) is 19.3 Å². The summed E-state index contributed by atoms with van der Waals surface area (Å²) in [5.41, 5.74) is 0. The molecule has 0 aliphatic rings. The lowest BCUT2D eigenvalue weighted by Crippen LogP contribution is -2.30. The van der Waals surface area contributed by atoms with Gasteiger partial charge in [0.1, 0.15) is 13.2 Å². The third-order valence-corrected chi connectivity index (χ3v) is 11.1. The molecule has 6 heteroatoms. The molecule has 0 aromatic heterocycles. The van der Waals surface area contributed by atoms with Crippen LogP contribution in [0, 0.1) is 0 Å². The van der Waals surface area contributed by atoms with E-state index in [1.54, 1.807) is 0 Å². The average Bonchev–Trinajstić information content (AvgIpc) is 3.36. The maximum Gasteiger partial charge on any atom is 0.306 e. The first-order valence-electron chi connectivity index (χ1n) is 27.9. The zero-order valence-corrected chi connectivity index (χ0v) is 44.7. The highest BCUT2D eigenvalue weighted by Gasteiger charge is 2.19. The summed E-state index contributed by atoms with van der Waals surface area (Å²) in [4.78, 5) is 38.1. The number of hydrogen-bond donors (Lipinski definition) is 0. The summed E-state index contributed by atoms with van der Waals surface area (Å²) in [5.74, 6) is -1.09. The molecule has 0 rings (SSSR count). The molecule has 0 amide bonds. The maximum atomic E-state index is 12.8. The number of hydrogen-bond acceptors (Lipinski definition) is 6. The van der Waals surface area contributed by atoms with Gasteiger partial charge < -0.3 is 14.2 Å². The zero-order valence-electron chi connectivity index (χ0n) is 44.7. The second-order valence-electron chi connectivity index (χ2n) is 17.8. The first-order chi connectivity index (χ1) is 34.5. The minimum atomic E-state index is -0.846. The van der Waals surface area contributed by atoms with E-state index in [1.807, 2.05) is 12.2 Å². The van der Waals surface area contributed by atoms with Gasteiger partial charge in [-0.05, 0) is 116 Å². The van der Waals surface area contributed by atoms with Crippen molar-refractivity contribution in [1.29, 1.82) is 0 Å². The van der Waals surface area contributed by atoms with Crippen LogP contribution in [0.4, 0.5) is 0 Å². The monoisotopic (exact) mass is 965 g/mol. The fourth-order valence-electron chi connectivity index (χ4n) is 6.99. The lowest BCUT2D eigenvalue weighted by Gasteiger charge is -2.18. The molecule has 0 saturated heterocycles. The molecule has 1 unspecified atom stereocenters. The molecule has 0 radical (unpaired) electrons. The Bertz CT molecular complexity index is 1580.